The van der Waals surface area contributed by atoms with Gasteiger partial charge in [0.15, 0.2) is 0 Å². The molecule has 0 aliphatic heterocycles. The number of nitrogens with zero attached hydrogens (tertiary/aromatic N) is 2. The summed E-state index contributed by atoms with van der Waals surface area (Å²) >= 11 is 0. The van der Waals surface area contributed by atoms with Crippen LogP contribution in [0.25, 0.3) is 33.9 Å². The van der Waals surface area contributed by atoms with Gasteiger partial charge in [-0.1, -0.05) is 35.9 Å². The fraction of sp³-hybridized carbons (Fsp3) is 0.0556. The summed E-state index contributed by atoms with van der Waals surface area (Å²) in [6, 6.07) is 16.7. The molecule has 0 radical (unpaired) electrons. The largest absolute Gasteiger partial charge is 0.422 e. The topological polar surface area (TPSA) is 69.1 Å². The van der Waals surface area contributed by atoms with Crippen molar-refractivity contribution in [1.82, 2.24) is 10.2 Å². The van der Waals surface area contributed by atoms with E-state index in [1.165, 1.54) is 0 Å². The zero-order valence-corrected chi connectivity index (χ0v) is 12.3. The molecule has 5 nitrogen and oxygen atoms in total. The predicted molar refractivity (Wildman–Crippen MR) is 85.9 cm³/mol. The first-order valence-corrected chi connectivity index (χ1v) is 7.14. The van der Waals surface area contributed by atoms with Gasteiger partial charge in [0, 0.05) is 10.9 Å². The third-order valence-electron chi connectivity index (χ3n) is 3.56. The van der Waals surface area contributed by atoms with E-state index in [0.29, 0.717) is 11.5 Å². The number of hydrogen-bond donors (Lipinski definition) is 0. The highest BCUT2D eigenvalue weighted by atomic mass is 16.4. The molecule has 0 saturated heterocycles. The Bertz CT molecular complexity index is 1060. The lowest BCUT2D eigenvalue weighted by molar-refractivity contribution is 0.547. The molecule has 0 N–H and O–H groups in total. The summed E-state index contributed by atoms with van der Waals surface area (Å²) in [5, 5.41) is 8.81. The molecule has 2 aromatic carbocycles. The molecule has 0 aliphatic carbocycles. The first-order chi connectivity index (χ1) is 11.2. The number of aryl methyl sites for hydroxylation is 1. The summed E-state index contributed by atoms with van der Waals surface area (Å²) in [5.74, 6) is 0.525. The smallest absolute Gasteiger partial charge is 0.349 e. The third-order valence-corrected chi connectivity index (χ3v) is 3.56. The highest BCUT2D eigenvalue weighted by Gasteiger charge is 2.15. The van der Waals surface area contributed by atoms with Gasteiger partial charge in [-0.3, -0.25) is 0 Å². The van der Waals surface area contributed by atoms with E-state index in [1.807, 2.05) is 49.4 Å². The minimum absolute atomic E-state index is 0.154. The molecule has 4 rings (SSSR count). The van der Waals surface area contributed by atoms with Crippen LogP contribution in [0.2, 0.25) is 0 Å². The van der Waals surface area contributed by atoms with Crippen molar-refractivity contribution in [2.24, 2.45) is 0 Å². The molecule has 2 heterocycles. The predicted octanol–water partition coefficient (Wildman–Crippen LogP) is 3.82. The minimum Gasteiger partial charge on any atom is -0.422 e. The molecule has 112 valence electrons. The zero-order valence-electron chi connectivity index (χ0n) is 12.3. The van der Waals surface area contributed by atoms with E-state index in [4.69, 9.17) is 8.83 Å². The highest BCUT2D eigenvalue weighted by molar-refractivity contribution is 5.80. The summed E-state index contributed by atoms with van der Waals surface area (Å²) in [6.45, 7) is 1.98. The fourth-order valence-electron chi connectivity index (χ4n) is 2.44. The Morgan fingerprint density at radius 3 is 2.57 bits per heavy atom. The molecule has 0 saturated carbocycles. The van der Waals surface area contributed by atoms with Crippen molar-refractivity contribution in [2.75, 3.05) is 0 Å². The Kier molecular flexibility index (Phi) is 3.05. The standard InChI is InChI=1S/C18H12N2O3/c1-11-5-4-7-13(9-11)16-19-20-17(23-16)14-10-12-6-2-3-8-15(12)22-18(14)21/h2-10H,1H3. The Balaban J connectivity index is 1.83. The fourth-order valence-corrected chi connectivity index (χ4v) is 2.44. The first-order valence-electron chi connectivity index (χ1n) is 7.14. The molecule has 2 aromatic heterocycles. The van der Waals surface area contributed by atoms with Gasteiger partial charge in [0.05, 0.1) is 0 Å². The van der Waals surface area contributed by atoms with Crippen LogP contribution < -0.4 is 5.63 Å². The first kappa shape index (κ1) is 13.5. The molecule has 5 heteroatoms. The van der Waals surface area contributed by atoms with Crippen LogP contribution >= 0.6 is 0 Å². The highest BCUT2D eigenvalue weighted by Crippen LogP contribution is 2.24. The van der Waals surface area contributed by atoms with Crippen molar-refractivity contribution in [2.45, 2.75) is 6.92 Å². The van der Waals surface area contributed by atoms with Crippen molar-refractivity contribution < 1.29 is 8.83 Å². The molecule has 0 bridgehead atoms. The number of hydrogen-bond acceptors (Lipinski definition) is 5. The maximum absolute atomic E-state index is 12.1. The van der Waals surface area contributed by atoms with E-state index in [9.17, 15) is 4.79 Å². The van der Waals surface area contributed by atoms with Crippen molar-refractivity contribution in [3.05, 3.63) is 70.6 Å². The van der Waals surface area contributed by atoms with Gasteiger partial charge in [0.25, 0.3) is 5.89 Å². The van der Waals surface area contributed by atoms with Crippen molar-refractivity contribution >= 4 is 11.0 Å². The van der Waals surface area contributed by atoms with E-state index in [-0.39, 0.29) is 11.5 Å². The molecule has 0 amide bonds. The van der Waals surface area contributed by atoms with Crippen molar-refractivity contribution in [3.63, 3.8) is 0 Å². The summed E-state index contributed by atoms with van der Waals surface area (Å²) in [6.07, 6.45) is 0. The van der Waals surface area contributed by atoms with Crippen molar-refractivity contribution in [3.8, 4) is 22.9 Å². The molecule has 4 aromatic rings. The number of fused-ring (bicyclic) bond motifs is 1. The van der Waals surface area contributed by atoms with Gasteiger partial charge < -0.3 is 8.83 Å². The molecule has 0 fully saturated rings. The molecular weight excluding hydrogens is 292 g/mol. The van der Waals surface area contributed by atoms with Crippen LogP contribution in [0, 0.1) is 6.92 Å². The van der Waals surface area contributed by atoms with Crippen LogP contribution in [-0.4, -0.2) is 10.2 Å². The van der Waals surface area contributed by atoms with Crippen LogP contribution in [0.5, 0.6) is 0 Å². The van der Waals surface area contributed by atoms with Gasteiger partial charge >= 0.3 is 5.63 Å². The molecule has 0 aliphatic rings. The second kappa shape index (κ2) is 5.21. The van der Waals surface area contributed by atoms with Gasteiger partial charge in [-0.25, -0.2) is 4.79 Å². The van der Waals surface area contributed by atoms with E-state index in [0.717, 1.165) is 16.5 Å². The van der Waals surface area contributed by atoms with E-state index in [2.05, 4.69) is 10.2 Å². The molecule has 0 unspecified atom stereocenters. The Hall–Kier alpha value is -3.21. The van der Waals surface area contributed by atoms with Crippen LogP contribution in [0.4, 0.5) is 0 Å². The molecule has 0 spiro atoms. The lowest BCUT2D eigenvalue weighted by Crippen LogP contribution is -2.02. The molecule has 0 atom stereocenters. The average molecular weight is 304 g/mol. The van der Waals surface area contributed by atoms with Crippen molar-refractivity contribution in [1.29, 1.82) is 0 Å². The van der Waals surface area contributed by atoms with Gasteiger partial charge in [0.2, 0.25) is 5.89 Å². The molecular formula is C18H12N2O3. The monoisotopic (exact) mass is 304 g/mol. The quantitative estimate of drug-likeness (QED) is 0.527. The second-order valence-electron chi connectivity index (χ2n) is 5.27. The SMILES string of the molecule is Cc1cccc(-c2nnc(-c3cc4ccccc4oc3=O)o2)c1. The number of aromatic nitrogens is 2. The third kappa shape index (κ3) is 2.42. The maximum atomic E-state index is 12.1. The van der Waals surface area contributed by atoms with Gasteiger partial charge in [0.1, 0.15) is 11.1 Å². The number of benzene rings is 2. The maximum Gasteiger partial charge on any atom is 0.349 e. The number of para-hydroxylation sites is 1. The lowest BCUT2D eigenvalue weighted by Gasteiger charge is -1.98. The van der Waals surface area contributed by atoms with Gasteiger partial charge in [-0.15, -0.1) is 10.2 Å². The second-order valence-corrected chi connectivity index (χ2v) is 5.27. The van der Waals surface area contributed by atoms with E-state index in [1.54, 1.807) is 12.1 Å². The summed E-state index contributed by atoms with van der Waals surface area (Å²) in [7, 11) is 0. The summed E-state index contributed by atoms with van der Waals surface area (Å²) in [5.41, 5.74) is 2.19. The van der Waals surface area contributed by atoms with Crippen LogP contribution in [0.1, 0.15) is 5.56 Å². The van der Waals surface area contributed by atoms with Gasteiger partial charge in [-0.2, -0.15) is 0 Å². The van der Waals surface area contributed by atoms with Gasteiger partial charge in [-0.05, 0) is 31.2 Å². The normalized spacial score (nSPS) is 11.0. The summed E-state index contributed by atoms with van der Waals surface area (Å²) in [4.78, 5) is 12.1. The Morgan fingerprint density at radius 1 is 0.870 bits per heavy atom. The molecule has 23 heavy (non-hydrogen) atoms. The van der Waals surface area contributed by atoms with Crippen LogP contribution in [-0.2, 0) is 0 Å². The van der Waals surface area contributed by atoms with E-state index < -0.39 is 5.63 Å². The lowest BCUT2D eigenvalue weighted by atomic mass is 10.1. The Labute approximate surface area is 131 Å². The minimum atomic E-state index is -0.497. The average Bonchev–Trinajstić information content (AvgIpc) is 3.04. The van der Waals surface area contributed by atoms with E-state index >= 15 is 0 Å². The summed E-state index contributed by atoms with van der Waals surface area (Å²) < 4.78 is 11.0. The van der Waals surface area contributed by atoms with Crippen LogP contribution in [0.15, 0.2) is 68.2 Å². The zero-order chi connectivity index (χ0) is 15.8. The van der Waals surface area contributed by atoms with Crippen LogP contribution in [0.3, 0.4) is 0 Å². The Morgan fingerprint density at radius 2 is 1.70 bits per heavy atom. The number of rotatable bonds is 2.